The first kappa shape index (κ1) is 20.2. The fourth-order valence-corrected chi connectivity index (χ4v) is 3.15. The van der Waals surface area contributed by atoms with E-state index in [1.807, 2.05) is 0 Å². The zero-order valence-electron chi connectivity index (χ0n) is 14.7. The van der Waals surface area contributed by atoms with E-state index in [-0.39, 0.29) is 13.1 Å². The van der Waals surface area contributed by atoms with Crippen LogP contribution in [0, 0.1) is 6.92 Å². The van der Waals surface area contributed by atoms with E-state index in [0.717, 1.165) is 21.7 Å². The maximum atomic E-state index is 12.4. The number of hydrogen-bond donors (Lipinski definition) is 1. The van der Waals surface area contributed by atoms with Gasteiger partial charge in [0.2, 0.25) is 15.9 Å². The van der Waals surface area contributed by atoms with E-state index in [1.165, 1.54) is 7.11 Å². The normalized spacial score (nSPS) is 11.4. The lowest BCUT2D eigenvalue weighted by molar-refractivity contribution is -0.116. The molecule has 1 amide bonds. The first-order chi connectivity index (χ1) is 12.2. The lowest BCUT2D eigenvalue weighted by atomic mass is 10.2. The van der Waals surface area contributed by atoms with E-state index in [0.29, 0.717) is 16.5 Å². The summed E-state index contributed by atoms with van der Waals surface area (Å²) in [6, 6.07) is 6.66. The molecule has 0 saturated carbocycles. The minimum atomic E-state index is -3.58. The number of ether oxygens (including phenoxy) is 1. The van der Waals surface area contributed by atoms with E-state index in [4.69, 9.17) is 16.3 Å². The predicted octanol–water partition coefficient (Wildman–Crippen LogP) is 2.45. The van der Waals surface area contributed by atoms with Crippen molar-refractivity contribution >= 4 is 33.2 Å². The maximum absolute atomic E-state index is 12.4. The average molecular weight is 398 g/mol. The quantitative estimate of drug-likeness (QED) is 0.775. The second-order valence-corrected chi connectivity index (χ2v) is 8.13. The lowest BCUT2D eigenvalue weighted by Crippen LogP contribution is -2.37. The number of carbonyl (C=O) groups is 1. The van der Waals surface area contributed by atoms with Crippen LogP contribution in [0.2, 0.25) is 5.02 Å². The van der Waals surface area contributed by atoms with Crippen LogP contribution in [0.5, 0.6) is 5.75 Å². The molecular formula is C17H20ClN3O4S. The Morgan fingerprint density at radius 3 is 2.54 bits per heavy atom. The Hall–Kier alpha value is -2.16. The van der Waals surface area contributed by atoms with Gasteiger partial charge in [0.1, 0.15) is 5.75 Å². The molecule has 7 nitrogen and oxygen atoms in total. The van der Waals surface area contributed by atoms with Gasteiger partial charge in [-0.1, -0.05) is 11.6 Å². The van der Waals surface area contributed by atoms with Gasteiger partial charge in [0.25, 0.3) is 0 Å². The number of halogens is 1. The highest BCUT2D eigenvalue weighted by molar-refractivity contribution is 7.88. The number of nitrogens with one attached hydrogen (secondary N) is 1. The van der Waals surface area contributed by atoms with Crippen molar-refractivity contribution in [2.75, 3.05) is 25.2 Å². The van der Waals surface area contributed by atoms with Crippen molar-refractivity contribution in [3.63, 3.8) is 0 Å². The van der Waals surface area contributed by atoms with E-state index in [2.05, 4.69) is 10.3 Å². The van der Waals surface area contributed by atoms with Crippen LogP contribution in [-0.4, -0.2) is 43.5 Å². The van der Waals surface area contributed by atoms with Gasteiger partial charge >= 0.3 is 0 Å². The zero-order chi connectivity index (χ0) is 19.3. The Kier molecular flexibility index (Phi) is 6.57. The molecule has 1 heterocycles. The summed E-state index contributed by atoms with van der Waals surface area (Å²) in [6.45, 7) is 1.54. The fourth-order valence-electron chi connectivity index (χ4n) is 2.26. The first-order valence-corrected chi connectivity index (χ1v) is 9.91. The molecule has 1 aromatic carbocycles. The largest absolute Gasteiger partial charge is 0.495 e. The molecule has 0 aliphatic rings. The summed E-state index contributed by atoms with van der Waals surface area (Å²) >= 11 is 6.05. The lowest BCUT2D eigenvalue weighted by Gasteiger charge is -2.20. The fraction of sp³-hybridized carbons (Fsp3) is 0.294. The highest BCUT2D eigenvalue weighted by Gasteiger charge is 2.21. The SMILES string of the molecule is COc1cc(Cl)c(C)cc1NC(=O)CN(Cc1ccncc1)S(C)(=O)=O. The number of aromatic nitrogens is 1. The number of anilines is 1. The van der Waals surface area contributed by atoms with Crippen molar-refractivity contribution in [1.29, 1.82) is 0 Å². The second-order valence-electron chi connectivity index (χ2n) is 5.74. The number of methoxy groups -OCH3 is 1. The molecule has 9 heteroatoms. The van der Waals surface area contributed by atoms with Crippen molar-refractivity contribution < 1.29 is 17.9 Å². The van der Waals surface area contributed by atoms with Crippen molar-refractivity contribution in [3.8, 4) is 5.75 Å². The van der Waals surface area contributed by atoms with Crippen LogP contribution in [0.25, 0.3) is 0 Å². The average Bonchev–Trinajstić information content (AvgIpc) is 2.57. The number of hydrogen-bond acceptors (Lipinski definition) is 5. The minimum absolute atomic E-state index is 0.0750. The van der Waals surface area contributed by atoms with E-state index < -0.39 is 15.9 Å². The number of amides is 1. The summed E-state index contributed by atoms with van der Waals surface area (Å²) in [5.41, 5.74) is 1.93. The van der Waals surface area contributed by atoms with Gasteiger partial charge in [-0.25, -0.2) is 8.42 Å². The van der Waals surface area contributed by atoms with Crippen molar-refractivity contribution in [2.45, 2.75) is 13.5 Å². The van der Waals surface area contributed by atoms with E-state index in [1.54, 1.807) is 43.6 Å². The topological polar surface area (TPSA) is 88.6 Å². The molecule has 26 heavy (non-hydrogen) atoms. The molecule has 0 bridgehead atoms. The van der Waals surface area contributed by atoms with Crippen LogP contribution < -0.4 is 10.1 Å². The van der Waals surface area contributed by atoms with E-state index in [9.17, 15) is 13.2 Å². The third-order valence-electron chi connectivity index (χ3n) is 3.65. The highest BCUT2D eigenvalue weighted by atomic mass is 35.5. The van der Waals surface area contributed by atoms with Crippen molar-refractivity contribution in [1.82, 2.24) is 9.29 Å². The van der Waals surface area contributed by atoms with Crippen LogP contribution in [-0.2, 0) is 21.4 Å². The smallest absolute Gasteiger partial charge is 0.239 e. The summed E-state index contributed by atoms with van der Waals surface area (Å²) in [7, 11) is -2.12. The number of sulfonamides is 1. The third-order valence-corrected chi connectivity index (χ3v) is 5.26. The molecule has 1 N–H and O–H groups in total. The van der Waals surface area contributed by atoms with Gasteiger partial charge in [-0.3, -0.25) is 9.78 Å². The summed E-state index contributed by atoms with van der Waals surface area (Å²) in [5, 5.41) is 3.19. The monoisotopic (exact) mass is 397 g/mol. The van der Waals surface area contributed by atoms with Gasteiger partial charge in [0.05, 0.1) is 25.6 Å². The minimum Gasteiger partial charge on any atom is -0.495 e. The Morgan fingerprint density at radius 2 is 1.96 bits per heavy atom. The van der Waals surface area contributed by atoms with Crippen LogP contribution in [0.15, 0.2) is 36.7 Å². The van der Waals surface area contributed by atoms with Gasteiger partial charge in [0.15, 0.2) is 0 Å². The first-order valence-electron chi connectivity index (χ1n) is 7.68. The van der Waals surface area contributed by atoms with Gasteiger partial charge < -0.3 is 10.1 Å². The van der Waals surface area contributed by atoms with Crippen molar-refractivity contribution in [3.05, 3.63) is 52.8 Å². The summed E-state index contributed by atoms with van der Waals surface area (Å²) in [6.07, 6.45) is 4.20. The predicted molar refractivity (Wildman–Crippen MR) is 101 cm³/mol. The Labute approximate surface area is 158 Å². The van der Waals surface area contributed by atoms with Crippen LogP contribution in [0.3, 0.4) is 0 Å². The molecule has 2 rings (SSSR count). The molecule has 0 saturated heterocycles. The number of pyridine rings is 1. The van der Waals surface area contributed by atoms with E-state index >= 15 is 0 Å². The second kappa shape index (κ2) is 8.48. The molecule has 0 atom stereocenters. The molecule has 1 aromatic heterocycles. The summed E-state index contributed by atoms with van der Waals surface area (Å²) in [4.78, 5) is 16.3. The molecule has 0 radical (unpaired) electrons. The third kappa shape index (κ3) is 5.42. The Balaban J connectivity index is 2.17. The summed E-state index contributed by atoms with van der Waals surface area (Å²) in [5.74, 6) is -0.0847. The molecule has 2 aromatic rings. The number of benzene rings is 1. The molecule has 0 unspecified atom stereocenters. The van der Waals surface area contributed by atoms with Crippen LogP contribution in [0.4, 0.5) is 5.69 Å². The number of carbonyl (C=O) groups excluding carboxylic acids is 1. The Bertz CT molecular complexity index is 888. The Morgan fingerprint density at radius 1 is 1.31 bits per heavy atom. The molecule has 0 aliphatic heterocycles. The van der Waals surface area contributed by atoms with Gasteiger partial charge in [-0.15, -0.1) is 0 Å². The number of rotatable bonds is 7. The number of aryl methyl sites for hydroxylation is 1. The van der Waals surface area contributed by atoms with Gasteiger partial charge in [0, 0.05) is 30.0 Å². The summed E-state index contributed by atoms with van der Waals surface area (Å²) < 4.78 is 30.4. The van der Waals surface area contributed by atoms with Gasteiger partial charge in [-0.2, -0.15) is 4.31 Å². The van der Waals surface area contributed by atoms with Crippen LogP contribution >= 0.6 is 11.6 Å². The van der Waals surface area contributed by atoms with Crippen LogP contribution in [0.1, 0.15) is 11.1 Å². The highest BCUT2D eigenvalue weighted by Crippen LogP contribution is 2.30. The molecule has 140 valence electrons. The standard InChI is InChI=1S/C17H20ClN3O4S/c1-12-8-15(16(25-2)9-14(12)18)20-17(22)11-21(26(3,23)24)10-13-4-6-19-7-5-13/h4-9H,10-11H2,1-3H3,(H,20,22). The number of nitrogens with zero attached hydrogens (tertiary/aromatic N) is 2. The molecule has 0 spiro atoms. The van der Waals surface area contributed by atoms with Crippen molar-refractivity contribution in [2.24, 2.45) is 0 Å². The molecule has 0 fully saturated rings. The molecule has 0 aliphatic carbocycles. The van der Waals surface area contributed by atoms with Gasteiger partial charge in [-0.05, 0) is 36.2 Å². The zero-order valence-corrected chi connectivity index (χ0v) is 16.3. The molecular weight excluding hydrogens is 378 g/mol. The maximum Gasteiger partial charge on any atom is 0.239 e.